The molecule has 0 spiro atoms. The molecule has 0 bridgehead atoms. The minimum absolute atomic E-state index is 0.0284. The Balaban J connectivity index is 2.37. The van der Waals surface area contributed by atoms with Crippen LogP contribution in [0.1, 0.15) is 33.1 Å². The molecule has 0 aromatic rings. The molecule has 6 nitrogen and oxygen atoms in total. The molecule has 1 saturated heterocycles. The Morgan fingerprint density at radius 2 is 2.00 bits per heavy atom. The molecule has 1 amide bonds. The predicted octanol–water partition coefficient (Wildman–Crippen LogP) is 0.164. The average Bonchev–Trinajstić information content (AvgIpc) is 2.47. The van der Waals surface area contributed by atoms with E-state index in [0.717, 1.165) is 32.4 Å². The van der Waals surface area contributed by atoms with Crippen LogP contribution in [0, 0.1) is 5.92 Å². The molecule has 1 atom stereocenters. The van der Waals surface area contributed by atoms with Crippen LogP contribution >= 0.6 is 0 Å². The van der Waals surface area contributed by atoms with Crippen LogP contribution in [0.3, 0.4) is 0 Å². The number of hydrogen-bond acceptors (Lipinski definition) is 4. The van der Waals surface area contributed by atoms with Crippen molar-refractivity contribution >= 4 is 15.9 Å². The van der Waals surface area contributed by atoms with Gasteiger partial charge in [-0.15, -0.1) is 0 Å². The molecule has 2 N–H and O–H groups in total. The summed E-state index contributed by atoms with van der Waals surface area (Å²) in [7, 11) is -3.18. The minimum Gasteiger partial charge on any atom is -0.355 e. The Morgan fingerprint density at radius 3 is 2.65 bits per heavy atom. The van der Waals surface area contributed by atoms with Gasteiger partial charge in [-0.05, 0) is 32.7 Å². The number of amides is 1. The standard InChI is InChI=1S/C13H27N3O3S/c1-3-7-14-8-9-15-13(17)12-6-5-10-16(11-12)20(18,19)4-2/h12,14H,3-11H2,1-2H3,(H,15,17). The third kappa shape index (κ3) is 5.38. The summed E-state index contributed by atoms with van der Waals surface area (Å²) < 4.78 is 25.1. The fraction of sp³-hybridized carbons (Fsp3) is 0.923. The highest BCUT2D eigenvalue weighted by Crippen LogP contribution is 2.19. The number of sulfonamides is 1. The SMILES string of the molecule is CCCNCCNC(=O)C1CCCN(S(=O)(=O)CC)C1. The Hall–Kier alpha value is -0.660. The quantitative estimate of drug-likeness (QED) is 0.626. The van der Waals surface area contributed by atoms with E-state index in [2.05, 4.69) is 17.6 Å². The lowest BCUT2D eigenvalue weighted by atomic mass is 9.99. The van der Waals surface area contributed by atoms with Gasteiger partial charge in [0.2, 0.25) is 15.9 Å². The predicted molar refractivity (Wildman–Crippen MR) is 79.9 cm³/mol. The van der Waals surface area contributed by atoms with Gasteiger partial charge in [-0.1, -0.05) is 6.92 Å². The van der Waals surface area contributed by atoms with E-state index in [4.69, 9.17) is 0 Å². The van der Waals surface area contributed by atoms with Gasteiger partial charge in [0.25, 0.3) is 0 Å². The molecule has 0 aromatic heterocycles. The van der Waals surface area contributed by atoms with Crippen LogP contribution in [0.5, 0.6) is 0 Å². The zero-order valence-electron chi connectivity index (χ0n) is 12.5. The third-order valence-corrected chi connectivity index (χ3v) is 5.39. The number of hydrogen-bond donors (Lipinski definition) is 2. The summed E-state index contributed by atoms with van der Waals surface area (Å²) in [6.45, 7) is 6.89. The fourth-order valence-electron chi connectivity index (χ4n) is 2.31. The first-order chi connectivity index (χ1) is 9.51. The maximum atomic E-state index is 12.0. The number of rotatable bonds is 8. The van der Waals surface area contributed by atoms with E-state index in [1.165, 1.54) is 4.31 Å². The van der Waals surface area contributed by atoms with Crippen LogP contribution in [-0.2, 0) is 14.8 Å². The van der Waals surface area contributed by atoms with Crippen molar-refractivity contribution in [3.63, 3.8) is 0 Å². The Labute approximate surface area is 122 Å². The fourth-order valence-corrected chi connectivity index (χ4v) is 3.49. The second-order valence-corrected chi connectivity index (χ2v) is 7.40. The highest BCUT2D eigenvalue weighted by atomic mass is 32.2. The van der Waals surface area contributed by atoms with Crippen molar-refractivity contribution in [1.29, 1.82) is 0 Å². The van der Waals surface area contributed by atoms with Crippen molar-refractivity contribution in [2.24, 2.45) is 5.92 Å². The molecule has 0 aromatic carbocycles. The van der Waals surface area contributed by atoms with E-state index in [1.807, 2.05) is 0 Å². The van der Waals surface area contributed by atoms with Crippen LogP contribution < -0.4 is 10.6 Å². The molecule has 0 radical (unpaired) electrons. The van der Waals surface area contributed by atoms with E-state index >= 15 is 0 Å². The summed E-state index contributed by atoms with van der Waals surface area (Å²) in [5, 5.41) is 6.09. The van der Waals surface area contributed by atoms with Crippen molar-refractivity contribution in [2.45, 2.75) is 33.1 Å². The lowest BCUT2D eigenvalue weighted by Crippen LogP contribution is -2.46. The lowest BCUT2D eigenvalue weighted by molar-refractivity contribution is -0.126. The highest BCUT2D eigenvalue weighted by molar-refractivity contribution is 7.89. The van der Waals surface area contributed by atoms with Gasteiger partial charge in [0, 0.05) is 26.2 Å². The molecule has 7 heteroatoms. The zero-order valence-corrected chi connectivity index (χ0v) is 13.3. The molecule has 1 aliphatic heterocycles. The van der Waals surface area contributed by atoms with Gasteiger partial charge in [-0.25, -0.2) is 12.7 Å². The first-order valence-corrected chi connectivity index (χ1v) is 9.08. The van der Waals surface area contributed by atoms with E-state index in [1.54, 1.807) is 6.92 Å². The molecule has 1 fully saturated rings. The summed E-state index contributed by atoms with van der Waals surface area (Å²) in [5.41, 5.74) is 0. The molecular weight excluding hydrogens is 278 g/mol. The number of nitrogens with one attached hydrogen (secondary N) is 2. The van der Waals surface area contributed by atoms with Gasteiger partial charge in [-0.2, -0.15) is 0 Å². The number of carbonyl (C=O) groups is 1. The summed E-state index contributed by atoms with van der Waals surface area (Å²) in [6, 6.07) is 0. The molecule has 0 aliphatic carbocycles. The van der Waals surface area contributed by atoms with Gasteiger partial charge in [0.1, 0.15) is 0 Å². The van der Waals surface area contributed by atoms with Crippen LogP contribution in [0.2, 0.25) is 0 Å². The molecule has 1 aliphatic rings. The summed E-state index contributed by atoms with van der Waals surface area (Å²) in [4.78, 5) is 12.0. The van der Waals surface area contributed by atoms with Gasteiger partial charge in [0.05, 0.1) is 11.7 Å². The van der Waals surface area contributed by atoms with Crippen LogP contribution in [0.15, 0.2) is 0 Å². The van der Waals surface area contributed by atoms with Crippen molar-refractivity contribution < 1.29 is 13.2 Å². The lowest BCUT2D eigenvalue weighted by Gasteiger charge is -2.30. The van der Waals surface area contributed by atoms with E-state index in [0.29, 0.717) is 19.6 Å². The minimum atomic E-state index is -3.18. The van der Waals surface area contributed by atoms with Crippen LogP contribution in [0.4, 0.5) is 0 Å². The van der Waals surface area contributed by atoms with Gasteiger partial charge >= 0.3 is 0 Å². The topological polar surface area (TPSA) is 78.5 Å². The monoisotopic (exact) mass is 305 g/mol. The molecule has 1 unspecified atom stereocenters. The number of carbonyl (C=O) groups excluding carboxylic acids is 1. The van der Waals surface area contributed by atoms with Crippen molar-refractivity contribution in [2.75, 3.05) is 38.5 Å². The molecule has 118 valence electrons. The van der Waals surface area contributed by atoms with E-state index in [-0.39, 0.29) is 17.6 Å². The maximum absolute atomic E-state index is 12.0. The molecule has 20 heavy (non-hydrogen) atoms. The van der Waals surface area contributed by atoms with Crippen molar-refractivity contribution in [3.8, 4) is 0 Å². The third-order valence-electron chi connectivity index (χ3n) is 3.54. The summed E-state index contributed by atoms with van der Waals surface area (Å²) in [5.74, 6) is -0.141. The summed E-state index contributed by atoms with van der Waals surface area (Å²) in [6.07, 6.45) is 2.59. The van der Waals surface area contributed by atoms with Crippen molar-refractivity contribution in [1.82, 2.24) is 14.9 Å². The first kappa shape index (κ1) is 17.4. The van der Waals surface area contributed by atoms with Crippen LogP contribution in [-0.4, -0.2) is 57.1 Å². The normalized spacial score (nSPS) is 20.8. The Bertz CT molecular complexity index is 398. The maximum Gasteiger partial charge on any atom is 0.224 e. The molecule has 1 rings (SSSR count). The Morgan fingerprint density at radius 1 is 1.25 bits per heavy atom. The molecule has 1 heterocycles. The summed E-state index contributed by atoms with van der Waals surface area (Å²) >= 11 is 0. The number of nitrogens with zero attached hydrogens (tertiary/aromatic N) is 1. The van der Waals surface area contributed by atoms with Gasteiger partial charge < -0.3 is 10.6 Å². The molecular formula is C13H27N3O3S. The largest absolute Gasteiger partial charge is 0.355 e. The second-order valence-electron chi connectivity index (χ2n) is 5.14. The van der Waals surface area contributed by atoms with Crippen molar-refractivity contribution in [3.05, 3.63) is 0 Å². The van der Waals surface area contributed by atoms with E-state index in [9.17, 15) is 13.2 Å². The molecule has 0 saturated carbocycles. The zero-order chi connectivity index (χ0) is 15.0. The van der Waals surface area contributed by atoms with E-state index < -0.39 is 10.0 Å². The first-order valence-electron chi connectivity index (χ1n) is 7.47. The Kier molecular flexibility index (Phi) is 7.47. The second kappa shape index (κ2) is 8.59. The van der Waals surface area contributed by atoms with Gasteiger partial charge in [-0.3, -0.25) is 4.79 Å². The number of piperidine rings is 1. The smallest absolute Gasteiger partial charge is 0.224 e. The highest BCUT2D eigenvalue weighted by Gasteiger charge is 2.31. The van der Waals surface area contributed by atoms with Crippen LogP contribution in [0.25, 0.3) is 0 Å². The average molecular weight is 305 g/mol. The van der Waals surface area contributed by atoms with Gasteiger partial charge in [0.15, 0.2) is 0 Å².